The van der Waals surface area contributed by atoms with Crippen LogP contribution in [-0.2, 0) is 0 Å². The van der Waals surface area contributed by atoms with E-state index in [1.165, 1.54) is 5.56 Å². The van der Waals surface area contributed by atoms with E-state index in [2.05, 4.69) is 11.1 Å². The maximum absolute atomic E-state index is 5.82. The van der Waals surface area contributed by atoms with Gasteiger partial charge in [-0.05, 0) is 30.0 Å². The second kappa shape index (κ2) is 2.48. The summed E-state index contributed by atoms with van der Waals surface area (Å²) in [4.78, 5) is 4.02. The number of nitrogen functional groups attached to an aromatic ring is 1. The van der Waals surface area contributed by atoms with Crippen LogP contribution in [0, 0.1) is 6.92 Å². The van der Waals surface area contributed by atoms with Crippen molar-refractivity contribution in [3.63, 3.8) is 0 Å². The molecular formula is C10H10N2. The fraction of sp³-hybridized carbons (Fsp3) is 0.100. The molecule has 1 aromatic heterocycles. The lowest BCUT2D eigenvalue weighted by molar-refractivity contribution is 1.36. The number of aromatic nitrogens is 1. The molecule has 0 spiro atoms. The number of rotatable bonds is 0. The zero-order valence-corrected chi connectivity index (χ0v) is 6.91. The third-order valence-corrected chi connectivity index (χ3v) is 1.93. The molecule has 0 aliphatic rings. The monoisotopic (exact) mass is 158 g/mol. The summed E-state index contributed by atoms with van der Waals surface area (Å²) in [6, 6.07) is 6.04. The lowest BCUT2D eigenvalue weighted by atomic mass is 10.1. The van der Waals surface area contributed by atoms with E-state index in [1.807, 2.05) is 19.1 Å². The summed E-state index contributed by atoms with van der Waals surface area (Å²) < 4.78 is 0. The molecule has 0 unspecified atom stereocenters. The van der Waals surface area contributed by atoms with Crippen LogP contribution < -0.4 is 5.73 Å². The summed E-state index contributed by atoms with van der Waals surface area (Å²) >= 11 is 0. The van der Waals surface area contributed by atoms with Crippen molar-refractivity contribution < 1.29 is 0 Å². The average molecular weight is 158 g/mol. The van der Waals surface area contributed by atoms with Gasteiger partial charge in [-0.1, -0.05) is 6.07 Å². The molecule has 2 N–H and O–H groups in total. The standard InChI is InChI=1S/C10H10N2/c1-7-4-8-2-3-12-6-9(8)10(11)5-7/h2-6H,11H2,1H3. The third kappa shape index (κ3) is 1.01. The van der Waals surface area contributed by atoms with Gasteiger partial charge in [0.05, 0.1) is 0 Å². The zero-order valence-electron chi connectivity index (χ0n) is 6.91. The van der Waals surface area contributed by atoms with Crippen LogP contribution in [0.15, 0.2) is 30.6 Å². The number of nitrogens with two attached hydrogens (primary N) is 1. The highest BCUT2D eigenvalue weighted by Gasteiger charge is 1.97. The number of benzene rings is 1. The first-order chi connectivity index (χ1) is 5.77. The molecule has 12 heavy (non-hydrogen) atoms. The van der Waals surface area contributed by atoms with Crippen molar-refractivity contribution >= 4 is 16.5 Å². The van der Waals surface area contributed by atoms with Gasteiger partial charge in [0.2, 0.25) is 0 Å². The molecule has 0 saturated carbocycles. The van der Waals surface area contributed by atoms with Gasteiger partial charge in [-0.2, -0.15) is 0 Å². The van der Waals surface area contributed by atoms with Gasteiger partial charge in [-0.15, -0.1) is 0 Å². The molecule has 2 heteroatoms. The molecule has 0 fully saturated rings. The zero-order chi connectivity index (χ0) is 8.55. The highest BCUT2D eigenvalue weighted by atomic mass is 14.6. The first kappa shape index (κ1) is 7.10. The van der Waals surface area contributed by atoms with E-state index in [4.69, 9.17) is 5.73 Å². The van der Waals surface area contributed by atoms with Gasteiger partial charge in [0.25, 0.3) is 0 Å². The number of nitrogens with zero attached hydrogens (tertiary/aromatic N) is 1. The Labute approximate surface area is 71.0 Å². The summed E-state index contributed by atoms with van der Waals surface area (Å²) in [6.07, 6.45) is 3.57. The van der Waals surface area contributed by atoms with Crippen LogP contribution in [0.5, 0.6) is 0 Å². The molecule has 1 aromatic carbocycles. The molecule has 0 aliphatic carbocycles. The van der Waals surface area contributed by atoms with E-state index in [0.717, 1.165) is 16.5 Å². The number of anilines is 1. The Morgan fingerprint density at radius 3 is 3.00 bits per heavy atom. The van der Waals surface area contributed by atoms with E-state index in [9.17, 15) is 0 Å². The highest BCUT2D eigenvalue weighted by Crippen LogP contribution is 2.21. The topological polar surface area (TPSA) is 38.9 Å². The minimum Gasteiger partial charge on any atom is -0.398 e. The van der Waals surface area contributed by atoms with Crippen LogP contribution in [0.25, 0.3) is 10.8 Å². The van der Waals surface area contributed by atoms with E-state index in [0.29, 0.717) is 0 Å². The Morgan fingerprint density at radius 1 is 1.33 bits per heavy atom. The van der Waals surface area contributed by atoms with Crippen molar-refractivity contribution in [2.75, 3.05) is 5.73 Å². The summed E-state index contributed by atoms with van der Waals surface area (Å²) in [5.41, 5.74) is 7.81. The quantitative estimate of drug-likeness (QED) is 0.596. The number of pyridine rings is 1. The molecule has 0 radical (unpaired) electrons. The molecule has 1 heterocycles. The molecule has 2 nitrogen and oxygen atoms in total. The fourth-order valence-electron chi connectivity index (χ4n) is 1.38. The SMILES string of the molecule is Cc1cc(N)c2cnccc2c1. The van der Waals surface area contributed by atoms with Crippen molar-refractivity contribution in [1.29, 1.82) is 0 Å². The molecule has 2 rings (SSSR count). The molecule has 60 valence electrons. The van der Waals surface area contributed by atoms with Crippen LogP contribution in [0.1, 0.15) is 5.56 Å². The lowest BCUT2D eigenvalue weighted by Gasteiger charge is -2.02. The van der Waals surface area contributed by atoms with Crippen molar-refractivity contribution in [3.8, 4) is 0 Å². The highest BCUT2D eigenvalue weighted by molar-refractivity contribution is 5.92. The van der Waals surface area contributed by atoms with E-state index in [-0.39, 0.29) is 0 Å². The fourth-order valence-corrected chi connectivity index (χ4v) is 1.38. The lowest BCUT2D eigenvalue weighted by Crippen LogP contribution is -1.88. The second-order valence-electron chi connectivity index (χ2n) is 2.95. The van der Waals surface area contributed by atoms with Gasteiger partial charge >= 0.3 is 0 Å². The predicted octanol–water partition coefficient (Wildman–Crippen LogP) is 2.13. The van der Waals surface area contributed by atoms with Crippen molar-refractivity contribution in [2.45, 2.75) is 6.92 Å². The first-order valence-corrected chi connectivity index (χ1v) is 3.87. The second-order valence-corrected chi connectivity index (χ2v) is 2.95. The largest absolute Gasteiger partial charge is 0.398 e. The van der Waals surface area contributed by atoms with Gasteiger partial charge in [0.1, 0.15) is 0 Å². The summed E-state index contributed by atoms with van der Waals surface area (Å²) in [5, 5.41) is 2.19. The molecule has 0 saturated heterocycles. The number of hydrogen-bond donors (Lipinski definition) is 1. The summed E-state index contributed by atoms with van der Waals surface area (Å²) in [5.74, 6) is 0. The predicted molar refractivity (Wildman–Crippen MR) is 50.9 cm³/mol. The normalized spacial score (nSPS) is 10.4. The van der Waals surface area contributed by atoms with E-state index < -0.39 is 0 Å². The van der Waals surface area contributed by atoms with Gasteiger partial charge in [-0.3, -0.25) is 4.98 Å². The maximum atomic E-state index is 5.82. The summed E-state index contributed by atoms with van der Waals surface area (Å²) in [6.45, 7) is 2.04. The van der Waals surface area contributed by atoms with Gasteiger partial charge in [0.15, 0.2) is 0 Å². The minimum atomic E-state index is 0.804. The average Bonchev–Trinajstić information content (AvgIpc) is 2.04. The van der Waals surface area contributed by atoms with Crippen LogP contribution in [0.4, 0.5) is 5.69 Å². The Kier molecular flexibility index (Phi) is 1.47. The Balaban J connectivity index is 2.89. The van der Waals surface area contributed by atoms with Crippen LogP contribution in [0.2, 0.25) is 0 Å². The molecule has 0 atom stereocenters. The molecule has 0 aliphatic heterocycles. The molecule has 0 bridgehead atoms. The number of aryl methyl sites for hydroxylation is 1. The van der Waals surface area contributed by atoms with Crippen LogP contribution in [0.3, 0.4) is 0 Å². The van der Waals surface area contributed by atoms with E-state index >= 15 is 0 Å². The molecular weight excluding hydrogens is 148 g/mol. The first-order valence-electron chi connectivity index (χ1n) is 3.87. The van der Waals surface area contributed by atoms with Crippen LogP contribution in [-0.4, -0.2) is 4.98 Å². The Morgan fingerprint density at radius 2 is 2.17 bits per heavy atom. The number of hydrogen-bond acceptors (Lipinski definition) is 2. The summed E-state index contributed by atoms with van der Waals surface area (Å²) in [7, 11) is 0. The van der Waals surface area contributed by atoms with E-state index in [1.54, 1.807) is 12.4 Å². The maximum Gasteiger partial charge on any atom is 0.0412 e. The molecule has 0 amide bonds. The molecule has 2 aromatic rings. The number of fused-ring (bicyclic) bond motifs is 1. The Bertz CT molecular complexity index is 421. The van der Waals surface area contributed by atoms with Gasteiger partial charge in [0, 0.05) is 23.5 Å². The Hall–Kier alpha value is -1.57. The van der Waals surface area contributed by atoms with Crippen molar-refractivity contribution in [1.82, 2.24) is 4.98 Å². The smallest absolute Gasteiger partial charge is 0.0412 e. The van der Waals surface area contributed by atoms with Crippen molar-refractivity contribution in [3.05, 3.63) is 36.2 Å². The van der Waals surface area contributed by atoms with Gasteiger partial charge < -0.3 is 5.73 Å². The minimum absolute atomic E-state index is 0.804. The van der Waals surface area contributed by atoms with Crippen molar-refractivity contribution in [2.24, 2.45) is 0 Å². The van der Waals surface area contributed by atoms with Gasteiger partial charge in [-0.25, -0.2) is 0 Å². The van der Waals surface area contributed by atoms with Crippen LogP contribution >= 0.6 is 0 Å². The third-order valence-electron chi connectivity index (χ3n) is 1.93.